The van der Waals surface area contributed by atoms with E-state index in [0.29, 0.717) is 28.5 Å². The third kappa shape index (κ3) is 5.57. The molecule has 2 N–H and O–H groups in total. The molecule has 1 saturated heterocycles. The number of carbonyl (C=O) groups excluding carboxylic acids is 1. The fraction of sp³-hybridized carbons (Fsp3) is 0.308. The number of fused-ring (bicyclic) bond motifs is 1. The van der Waals surface area contributed by atoms with E-state index in [1.807, 2.05) is 17.1 Å². The molecule has 1 aliphatic heterocycles. The van der Waals surface area contributed by atoms with E-state index in [4.69, 9.17) is 9.72 Å². The van der Waals surface area contributed by atoms with Crippen LogP contribution in [0.2, 0.25) is 0 Å². The van der Waals surface area contributed by atoms with Gasteiger partial charge in [-0.05, 0) is 37.4 Å². The number of pyridine rings is 2. The Labute approximate surface area is 219 Å². The minimum atomic E-state index is -0.480. The Morgan fingerprint density at radius 1 is 1.16 bits per heavy atom. The third-order valence-corrected chi connectivity index (χ3v) is 6.44. The smallest absolute Gasteiger partial charge is 0.327 e. The summed E-state index contributed by atoms with van der Waals surface area (Å²) in [6.07, 6.45) is 3.33. The van der Waals surface area contributed by atoms with Crippen molar-refractivity contribution in [1.29, 1.82) is 0 Å². The number of aliphatic hydroxyl groups excluding tert-OH is 1. The van der Waals surface area contributed by atoms with Gasteiger partial charge in [0.2, 0.25) is 0 Å². The van der Waals surface area contributed by atoms with Gasteiger partial charge in [0.25, 0.3) is 0 Å². The average Bonchev–Trinajstić information content (AvgIpc) is 3.42. The minimum absolute atomic E-state index is 0.0442. The van der Waals surface area contributed by atoms with E-state index in [9.17, 15) is 14.3 Å². The number of aromatic nitrogens is 4. The van der Waals surface area contributed by atoms with Crippen LogP contribution in [0.25, 0.3) is 16.6 Å². The number of benzene rings is 1. The van der Waals surface area contributed by atoms with Gasteiger partial charge >= 0.3 is 5.97 Å². The van der Waals surface area contributed by atoms with E-state index in [2.05, 4.69) is 32.4 Å². The van der Waals surface area contributed by atoms with Crippen LogP contribution in [-0.2, 0) is 16.1 Å². The van der Waals surface area contributed by atoms with E-state index in [1.165, 1.54) is 17.9 Å². The van der Waals surface area contributed by atoms with Gasteiger partial charge in [-0.15, -0.1) is 0 Å². The highest BCUT2D eigenvalue weighted by atomic mass is 19.1. The Morgan fingerprint density at radius 2 is 1.97 bits per heavy atom. The summed E-state index contributed by atoms with van der Waals surface area (Å²) in [6, 6.07) is 11.8. The van der Waals surface area contributed by atoms with Crippen LogP contribution >= 0.6 is 0 Å². The molecule has 0 unspecified atom stereocenters. The lowest BCUT2D eigenvalue weighted by Crippen LogP contribution is -2.54. The van der Waals surface area contributed by atoms with E-state index < -0.39 is 5.82 Å². The molecule has 0 radical (unpaired) electrons. The Kier molecular flexibility index (Phi) is 7.45. The van der Waals surface area contributed by atoms with Gasteiger partial charge in [-0.1, -0.05) is 0 Å². The normalized spacial score (nSPS) is 14.5. The molecule has 1 fully saturated rings. The van der Waals surface area contributed by atoms with Gasteiger partial charge in [-0.25, -0.2) is 24.0 Å². The molecule has 12 heteroatoms. The van der Waals surface area contributed by atoms with Crippen molar-refractivity contribution >= 4 is 34.2 Å². The van der Waals surface area contributed by atoms with Crippen LogP contribution in [-0.4, -0.2) is 87.6 Å². The number of hydrazine groups is 1. The zero-order chi connectivity index (χ0) is 26.6. The molecule has 1 aliphatic rings. The molecule has 38 heavy (non-hydrogen) atoms. The van der Waals surface area contributed by atoms with Gasteiger partial charge in [0.1, 0.15) is 24.0 Å². The lowest BCUT2D eigenvalue weighted by Gasteiger charge is -2.40. The monoisotopic (exact) mass is 520 g/mol. The van der Waals surface area contributed by atoms with Crippen molar-refractivity contribution in [2.75, 3.05) is 57.2 Å². The fourth-order valence-electron chi connectivity index (χ4n) is 4.24. The average molecular weight is 521 g/mol. The number of hydrogen-bond donors (Lipinski definition) is 2. The highest BCUT2D eigenvalue weighted by molar-refractivity contribution is 5.83. The van der Waals surface area contributed by atoms with Gasteiger partial charge in [-0.3, -0.25) is 9.80 Å². The Hall–Kier alpha value is -4.13. The van der Waals surface area contributed by atoms with Crippen LogP contribution in [0.3, 0.4) is 0 Å². The second-order valence-electron chi connectivity index (χ2n) is 9.02. The van der Waals surface area contributed by atoms with Crippen molar-refractivity contribution in [2.45, 2.75) is 6.61 Å². The molecule has 3 aromatic heterocycles. The molecule has 11 nitrogen and oxygen atoms in total. The number of esters is 1. The number of halogens is 1. The second-order valence-corrected chi connectivity index (χ2v) is 9.02. The minimum Gasteiger partial charge on any atom is -0.468 e. The summed E-state index contributed by atoms with van der Waals surface area (Å²) < 4.78 is 21.3. The Morgan fingerprint density at radius 3 is 2.68 bits per heavy atom. The summed E-state index contributed by atoms with van der Waals surface area (Å²) in [6.45, 7) is 3.11. The van der Waals surface area contributed by atoms with Crippen LogP contribution in [0, 0.1) is 5.82 Å². The third-order valence-electron chi connectivity index (χ3n) is 6.44. The van der Waals surface area contributed by atoms with Gasteiger partial charge in [-0.2, -0.15) is 5.10 Å². The SMILES string of the molecule is COC(=O)CN(c1ccc2cnc(Nc3ccc(-n4ccc(CO)n4)cc3F)cc2n1)N1CCN(C)CC1. The van der Waals surface area contributed by atoms with Gasteiger partial charge in [0, 0.05) is 56.1 Å². The number of hydrogen-bond acceptors (Lipinski definition) is 10. The quantitative estimate of drug-likeness (QED) is 0.336. The van der Waals surface area contributed by atoms with E-state index in [-0.39, 0.29) is 24.8 Å². The molecule has 0 bridgehead atoms. The summed E-state index contributed by atoms with van der Waals surface area (Å²) in [7, 11) is 3.44. The van der Waals surface area contributed by atoms with Crippen molar-refractivity contribution in [3.8, 4) is 5.69 Å². The number of likely N-dealkylation sites (N-methyl/N-ethyl adjacent to an activating group) is 1. The first kappa shape index (κ1) is 25.5. The molecule has 0 spiro atoms. The van der Waals surface area contributed by atoms with Crippen molar-refractivity contribution in [3.05, 3.63) is 66.4 Å². The predicted molar refractivity (Wildman–Crippen MR) is 141 cm³/mol. The first-order chi connectivity index (χ1) is 18.4. The maximum Gasteiger partial charge on any atom is 0.327 e. The summed E-state index contributed by atoms with van der Waals surface area (Å²) in [5, 5.41) is 21.2. The first-order valence-electron chi connectivity index (χ1n) is 12.2. The lowest BCUT2D eigenvalue weighted by molar-refractivity contribution is -0.139. The number of methoxy groups -OCH3 is 1. The number of carbonyl (C=O) groups is 1. The fourth-order valence-corrected chi connectivity index (χ4v) is 4.24. The van der Waals surface area contributed by atoms with Crippen LogP contribution in [0.1, 0.15) is 5.69 Å². The summed E-state index contributed by atoms with van der Waals surface area (Å²) >= 11 is 0. The van der Waals surface area contributed by atoms with Crippen LogP contribution in [0.4, 0.5) is 21.7 Å². The molecule has 1 aromatic carbocycles. The van der Waals surface area contributed by atoms with Gasteiger partial charge in [0.05, 0.1) is 36.3 Å². The number of rotatable bonds is 8. The molecule has 5 rings (SSSR count). The Bertz CT molecular complexity index is 1440. The van der Waals surface area contributed by atoms with E-state index >= 15 is 0 Å². The maximum atomic E-state index is 14.9. The van der Waals surface area contributed by atoms with Gasteiger partial charge < -0.3 is 20.1 Å². The molecule has 0 atom stereocenters. The van der Waals surface area contributed by atoms with E-state index in [0.717, 1.165) is 31.6 Å². The Balaban J connectivity index is 1.39. The highest BCUT2D eigenvalue weighted by Crippen LogP contribution is 2.25. The molecular formula is C26H29FN8O3. The van der Waals surface area contributed by atoms with Crippen molar-refractivity contribution in [1.82, 2.24) is 29.7 Å². The van der Waals surface area contributed by atoms with Crippen molar-refractivity contribution in [3.63, 3.8) is 0 Å². The predicted octanol–water partition coefficient (Wildman–Crippen LogP) is 2.33. The number of aliphatic hydroxyl groups is 1. The maximum absolute atomic E-state index is 14.9. The van der Waals surface area contributed by atoms with Gasteiger partial charge in [0.15, 0.2) is 0 Å². The van der Waals surface area contributed by atoms with Crippen LogP contribution < -0.4 is 10.3 Å². The standard InChI is InChI=1S/C26H29FN8O3/c1-32-9-11-33(12-10-32)35(16-26(37)38-2)25-6-3-18-15-28-24(14-23(18)30-25)29-22-5-4-20(13-21(22)27)34-8-7-19(17-36)31-34/h3-8,13-15,36H,9-12,16-17H2,1-2H3,(H,28,29). The summed E-state index contributed by atoms with van der Waals surface area (Å²) in [4.78, 5) is 23.6. The van der Waals surface area contributed by atoms with E-state index in [1.54, 1.807) is 36.7 Å². The molecule has 198 valence electrons. The summed E-state index contributed by atoms with van der Waals surface area (Å²) in [5.74, 6) is 0.201. The highest BCUT2D eigenvalue weighted by Gasteiger charge is 2.24. The molecule has 0 saturated carbocycles. The number of nitrogens with one attached hydrogen (secondary N) is 1. The molecular weight excluding hydrogens is 491 g/mol. The largest absolute Gasteiger partial charge is 0.468 e. The molecule has 4 aromatic rings. The molecule has 0 aliphatic carbocycles. The zero-order valence-electron chi connectivity index (χ0n) is 21.2. The number of nitrogens with zero attached hydrogens (tertiary/aromatic N) is 7. The van der Waals surface area contributed by atoms with Crippen molar-refractivity contribution < 1.29 is 19.0 Å². The summed E-state index contributed by atoms with van der Waals surface area (Å²) in [5.41, 5.74) is 1.92. The van der Waals surface area contributed by atoms with Crippen molar-refractivity contribution in [2.24, 2.45) is 0 Å². The molecule has 0 amide bonds. The zero-order valence-corrected chi connectivity index (χ0v) is 21.2. The number of anilines is 3. The topological polar surface area (TPSA) is 112 Å². The van der Waals surface area contributed by atoms with Crippen LogP contribution in [0.15, 0.2) is 54.9 Å². The van der Waals surface area contributed by atoms with Crippen LogP contribution in [0.5, 0.6) is 0 Å². The number of piperazine rings is 1. The molecule has 4 heterocycles. The lowest BCUT2D eigenvalue weighted by atomic mass is 10.2. The number of ether oxygens (including phenoxy) is 1. The second kappa shape index (κ2) is 11.1. The first-order valence-corrected chi connectivity index (χ1v) is 12.2.